The van der Waals surface area contributed by atoms with Crippen LogP contribution in [-0.4, -0.2) is 42.6 Å². The molecule has 13 heavy (non-hydrogen) atoms. The van der Waals surface area contributed by atoms with Crippen LogP contribution in [0.4, 0.5) is 4.79 Å². The van der Waals surface area contributed by atoms with Gasteiger partial charge in [-0.3, -0.25) is 0 Å². The van der Waals surface area contributed by atoms with Gasteiger partial charge in [0.1, 0.15) is 0 Å². The smallest absolute Gasteiger partial charge is 0.318 e. The van der Waals surface area contributed by atoms with Crippen molar-refractivity contribution in [3.05, 3.63) is 0 Å². The summed E-state index contributed by atoms with van der Waals surface area (Å²) in [5, 5.41) is 6.19. The Bertz CT molecular complexity index is 213. The molecule has 4 heteroatoms. The summed E-state index contributed by atoms with van der Waals surface area (Å²) in [6.45, 7) is 7.08. The van der Waals surface area contributed by atoms with Gasteiger partial charge in [-0.05, 0) is 5.92 Å². The van der Waals surface area contributed by atoms with Gasteiger partial charge >= 0.3 is 6.03 Å². The molecule has 2 aliphatic heterocycles. The van der Waals surface area contributed by atoms with Gasteiger partial charge in [-0.1, -0.05) is 13.8 Å². The van der Waals surface area contributed by atoms with Crippen LogP contribution in [0.2, 0.25) is 0 Å². The standard InChI is InChI=1S/C9H17N3O/c1-6(2)8-5-12(9(13)11-8)7-3-10-4-7/h6-8,10H,3-5H2,1-2H3,(H,11,13). The quantitative estimate of drug-likeness (QED) is 0.633. The van der Waals surface area contributed by atoms with E-state index < -0.39 is 0 Å². The van der Waals surface area contributed by atoms with E-state index in [2.05, 4.69) is 24.5 Å². The van der Waals surface area contributed by atoms with Crippen molar-refractivity contribution in [2.75, 3.05) is 19.6 Å². The van der Waals surface area contributed by atoms with Crippen molar-refractivity contribution >= 4 is 6.03 Å². The molecule has 74 valence electrons. The minimum atomic E-state index is 0.116. The van der Waals surface area contributed by atoms with Gasteiger partial charge in [0, 0.05) is 19.6 Å². The van der Waals surface area contributed by atoms with Gasteiger partial charge in [0.15, 0.2) is 0 Å². The van der Waals surface area contributed by atoms with Crippen molar-refractivity contribution in [3.8, 4) is 0 Å². The van der Waals surface area contributed by atoms with Crippen LogP contribution < -0.4 is 10.6 Å². The predicted octanol–water partition coefficient (Wildman–Crippen LogP) is 0.00800. The summed E-state index contributed by atoms with van der Waals surface area (Å²) in [5.74, 6) is 0.530. The molecule has 4 nitrogen and oxygen atoms in total. The Morgan fingerprint density at radius 3 is 2.54 bits per heavy atom. The van der Waals surface area contributed by atoms with Crippen LogP contribution in [0.3, 0.4) is 0 Å². The normalized spacial score (nSPS) is 29.3. The number of hydrogen-bond acceptors (Lipinski definition) is 2. The molecular formula is C9H17N3O. The zero-order chi connectivity index (χ0) is 9.42. The maximum absolute atomic E-state index is 11.5. The van der Waals surface area contributed by atoms with Crippen molar-refractivity contribution in [1.82, 2.24) is 15.5 Å². The summed E-state index contributed by atoms with van der Waals surface area (Å²) >= 11 is 0. The second kappa shape index (κ2) is 3.18. The summed E-state index contributed by atoms with van der Waals surface area (Å²) in [5.41, 5.74) is 0. The summed E-state index contributed by atoms with van der Waals surface area (Å²) in [4.78, 5) is 13.5. The molecule has 0 saturated carbocycles. The first-order valence-electron chi connectivity index (χ1n) is 4.96. The van der Waals surface area contributed by atoms with E-state index in [0.717, 1.165) is 19.6 Å². The maximum atomic E-state index is 11.5. The molecule has 2 rings (SSSR count). The molecule has 0 aromatic carbocycles. The Hall–Kier alpha value is -0.770. The van der Waals surface area contributed by atoms with Crippen molar-refractivity contribution in [2.24, 2.45) is 5.92 Å². The monoisotopic (exact) mass is 183 g/mol. The van der Waals surface area contributed by atoms with E-state index >= 15 is 0 Å². The molecule has 0 aromatic rings. The lowest BCUT2D eigenvalue weighted by atomic mass is 10.0. The van der Waals surface area contributed by atoms with Crippen LogP contribution in [-0.2, 0) is 0 Å². The fourth-order valence-electron chi connectivity index (χ4n) is 1.77. The average Bonchev–Trinajstić information content (AvgIpc) is 2.29. The number of carbonyl (C=O) groups is 1. The van der Waals surface area contributed by atoms with Gasteiger partial charge in [0.2, 0.25) is 0 Å². The molecular weight excluding hydrogens is 166 g/mol. The third kappa shape index (κ3) is 1.50. The summed E-state index contributed by atoms with van der Waals surface area (Å²) in [6.07, 6.45) is 0. The van der Waals surface area contributed by atoms with Gasteiger partial charge in [0.05, 0.1) is 12.1 Å². The van der Waals surface area contributed by atoms with E-state index in [-0.39, 0.29) is 6.03 Å². The maximum Gasteiger partial charge on any atom is 0.318 e. The van der Waals surface area contributed by atoms with E-state index in [9.17, 15) is 4.79 Å². The third-order valence-electron chi connectivity index (χ3n) is 2.97. The first-order chi connectivity index (χ1) is 6.18. The molecule has 0 aliphatic carbocycles. The molecule has 2 amide bonds. The zero-order valence-corrected chi connectivity index (χ0v) is 8.21. The highest BCUT2D eigenvalue weighted by Crippen LogP contribution is 2.16. The van der Waals surface area contributed by atoms with Crippen LogP contribution in [0.15, 0.2) is 0 Å². The van der Waals surface area contributed by atoms with E-state index in [1.54, 1.807) is 0 Å². The summed E-state index contributed by atoms with van der Waals surface area (Å²) < 4.78 is 0. The molecule has 2 aliphatic rings. The molecule has 1 atom stereocenters. The lowest BCUT2D eigenvalue weighted by molar-refractivity contribution is 0.171. The number of hydrogen-bond donors (Lipinski definition) is 2. The predicted molar refractivity (Wildman–Crippen MR) is 50.5 cm³/mol. The number of carbonyl (C=O) groups excluding carboxylic acids is 1. The van der Waals surface area contributed by atoms with E-state index in [1.165, 1.54) is 0 Å². The Morgan fingerprint density at radius 2 is 2.15 bits per heavy atom. The summed E-state index contributed by atoms with van der Waals surface area (Å²) in [6, 6.07) is 0.891. The number of rotatable bonds is 2. The van der Waals surface area contributed by atoms with E-state index in [4.69, 9.17) is 0 Å². The van der Waals surface area contributed by atoms with E-state index in [1.807, 2.05) is 4.90 Å². The first kappa shape index (κ1) is 8.81. The minimum absolute atomic E-state index is 0.116. The van der Waals surface area contributed by atoms with Gasteiger partial charge in [0.25, 0.3) is 0 Å². The Balaban J connectivity index is 1.95. The number of nitrogens with one attached hydrogen (secondary N) is 2. The molecule has 0 spiro atoms. The Kier molecular flexibility index (Phi) is 2.15. The molecule has 2 saturated heterocycles. The lowest BCUT2D eigenvalue weighted by Crippen LogP contribution is -2.57. The Morgan fingerprint density at radius 1 is 1.46 bits per heavy atom. The molecule has 0 radical (unpaired) electrons. The fraction of sp³-hybridized carbons (Fsp3) is 0.889. The van der Waals surface area contributed by atoms with Gasteiger partial charge in [-0.15, -0.1) is 0 Å². The third-order valence-corrected chi connectivity index (χ3v) is 2.97. The highest BCUT2D eigenvalue weighted by atomic mass is 16.2. The topological polar surface area (TPSA) is 44.4 Å². The highest BCUT2D eigenvalue weighted by molar-refractivity contribution is 5.77. The van der Waals surface area contributed by atoms with Crippen molar-refractivity contribution in [1.29, 1.82) is 0 Å². The molecule has 0 bridgehead atoms. The second-order valence-electron chi connectivity index (χ2n) is 4.26. The second-order valence-corrected chi connectivity index (χ2v) is 4.26. The van der Waals surface area contributed by atoms with Gasteiger partial charge < -0.3 is 15.5 Å². The number of amides is 2. The zero-order valence-electron chi connectivity index (χ0n) is 8.21. The highest BCUT2D eigenvalue weighted by Gasteiger charge is 2.37. The first-order valence-corrected chi connectivity index (χ1v) is 4.96. The van der Waals surface area contributed by atoms with Crippen LogP contribution in [0.5, 0.6) is 0 Å². The summed E-state index contributed by atoms with van der Waals surface area (Å²) in [7, 11) is 0. The SMILES string of the molecule is CC(C)C1CN(C2CNC2)C(=O)N1. The molecule has 2 N–H and O–H groups in total. The largest absolute Gasteiger partial charge is 0.333 e. The van der Waals surface area contributed by atoms with Crippen LogP contribution in [0, 0.1) is 5.92 Å². The molecule has 1 unspecified atom stereocenters. The van der Waals surface area contributed by atoms with E-state index in [0.29, 0.717) is 18.0 Å². The van der Waals surface area contributed by atoms with Crippen LogP contribution in [0.25, 0.3) is 0 Å². The van der Waals surface area contributed by atoms with Crippen molar-refractivity contribution < 1.29 is 4.79 Å². The van der Waals surface area contributed by atoms with Crippen LogP contribution in [0.1, 0.15) is 13.8 Å². The molecule has 0 aromatic heterocycles. The molecule has 2 fully saturated rings. The van der Waals surface area contributed by atoms with Gasteiger partial charge in [-0.2, -0.15) is 0 Å². The molecule has 2 heterocycles. The Labute approximate surface area is 78.7 Å². The fourth-order valence-corrected chi connectivity index (χ4v) is 1.77. The van der Waals surface area contributed by atoms with Crippen LogP contribution >= 0.6 is 0 Å². The number of nitrogens with zero attached hydrogens (tertiary/aromatic N) is 1. The van der Waals surface area contributed by atoms with Gasteiger partial charge in [-0.25, -0.2) is 4.79 Å². The average molecular weight is 183 g/mol. The van der Waals surface area contributed by atoms with Crippen molar-refractivity contribution in [2.45, 2.75) is 25.9 Å². The van der Waals surface area contributed by atoms with Crippen molar-refractivity contribution in [3.63, 3.8) is 0 Å². The lowest BCUT2D eigenvalue weighted by Gasteiger charge is -2.34. The minimum Gasteiger partial charge on any atom is -0.333 e. The number of urea groups is 1.